The van der Waals surface area contributed by atoms with E-state index in [0.29, 0.717) is 0 Å². The molecule has 0 saturated heterocycles. The summed E-state index contributed by atoms with van der Waals surface area (Å²) in [5.41, 5.74) is 7.32. The molecule has 0 bridgehead atoms. The predicted octanol–water partition coefficient (Wildman–Crippen LogP) is 2.38. The topological polar surface area (TPSA) is 80.9 Å². The normalized spacial score (nSPS) is 10.1. The van der Waals surface area contributed by atoms with Crippen LogP contribution in [-0.2, 0) is 0 Å². The van der Waals surface area contributed by atoms with Crippen LogP contribution >= 0.6 is 15.9 Å². The van der Waals surface area contributed by atoms with Crippen LogP contribution in [0.1, 0.15) is 16.1 Å². The zero-order valence-electron chi connectivity index (χ0n) is 9.64. The van der Waals surface area contributed by atoms with Crippen LogP contribution in [-0.4, -0.2) is 15.9 Å². The number of nitrogens with two attached hydrogens (primary N) is 1. The van der Waals surface area contributed by atoms with Crippen LogP contribution in [0.2, 0.25) is 0 Å². The number of hydrogen-bond acceptors (Lipinski definition) is 4. The van der Waals surface area contributed by atoms with E-state index in [4.69, 9.17) is 5.73 Å². The van der Waals surface area contributed by atoms with Crippen molar-refractivity contribution in [3.8, 4) is 0 Å². The van der Waals surface area contributed by atoms with Gasteiger partial charge in [-0.3, -0.25) is 4.79 Å². The molecule has 3 N–H and O–H groups in total. The van der Waals surface area contributed by atoms with Gasteiger partial charge < -0.3 is 11.1 Å². The maximum atomic E-state index is 11.9. The molecule has 0 spiro atoms. The minimum Gasteiger partial charge on any atom is -0.382 e. The van der Waals surface area contributed by atoms with E-state index in [1.54, 1.807) is 0 Å². The molecule has 6 heteroatoms. The third-order valence-electron chi connectivity index (χ3n) is 2.42. The zero-order chi connectivity index (χ0) is 13.1. The number of hydrogen-bond donors (Lipinski definition) is 2. The molecule has 1 amide bonds. The lowest BCUT2D eigenvalue weighted by molar-refractivity contribution is 0.102. The molecule has 18 heavy (non-hydrogen) atoms. The molecule has 5 nitrogen and oxygen atoms in total. The first-order valence-corrected chi connectivity index (χ1v) is 6.01. The van der Waals surface area contributed by atoms with Crippen molar-refractivity contribution >= 4 is 33.3 Å². The Bertz CT molecular complexity index is 583. The van der Waals surface area contributed by atoms with E-state index in [0.717, 1.165) is 15.7 Å². The average molecular weight is 307 g/mol. The molecule has 0 aliphatic heterocycles. The van der Waals surface area contributed by atoms with Crippen molar-refractivity contribution in [2.75, 3.05) is 11.1 Å². The molecule has 1 aromatic carbocycles. The lowest BCUT2D eigenvalue weighted by Crippen LogP contribution is -2.15. The van der Waals surface area contributed by atoms with Crippen molar-refractivity contribution in [2.45, 2.75) is 6.92 Å². The van der Waals surface area contributed by atoms with Crippen LogP contribution in [0.4, 0.5) is 11.5 Å². The molecule has 0 aliphatic rings. The van der Waals surface area contributed by atoms with Gasteiger partial charge in [-0.1, -0.05) is 22.0 Å². The first kappa shape index (κ1) is 12.5. The van der Waals surface area contributed by atoms with Gasteiger partial charge in [0.05, 0.1) is 12.4 Å². The Morgan fingerprint density at radius 3 is 2.78 bits per heavy atom. The third kappa shape index (κ3) is 2.65. The lowest BCUT2D eigenvalue weighted by atomic mass is 10.2. The number of benzene rings is 1. The van der Waals surface area contributed by atoms with E-state index in [2.05, 4.69) is 31.2 Å². The molecule has 0 saturated carbocycles. The number of amides is 1. The Morgan fingerprint density at radius 1 is 1.33 bits per heavy atom. The number of carbonyl (C=O) groups is 1. The number of halogens is 1. The Labute approximate surface area is 113 Å². The molecule has 0 unspecified atom stereocenters. The second-order valence-electron chi connectivity index (χ2n) is 3.69. The number of nitrogens with one attached hydrogen (secondary N) is 1. The van der Waals surface area contributed by atoms with Gasteiger partial charge in [0.15, 0.2) is 0 Å². The van der Waals surface area contributed by atoms with Crippen molar-refractivity contribution in [3.63, 3.8) is 0 Å². The predicted molar refractivity (Wildman–Crippen MR) is 73.3 cm³/mol. The molecule has 2 rings (SSSR count). The highest BCUT2D eigenvalue weighted by Gasteiger charge is 2.10. The Balaban J connectivity index is 2.21. The molecule has 92 valence electrons. The Kier molecular flexibility index (Phi) is 3.57. The molecule has 1 aromatic heterocycles. The van der Waals surface area contributed by atoms with E-state index >= 15 is 0 Å². The van der Waals surface area contributed by atoms with Crippen molar-refractivity contribution in [1.29, 1.82) is 0 Å². The summed E-state index contributed by atoms with van der Waals surface area (Å²) in [6, 6.07) is 5.58. The monoisotopic (exact) mass is 306 g/mol. The van der Waals surface area contributed by atoms with Gasteiger partial charge in [-0.15, -0.1) is 0 Å². The van der Waals surface area contributed by atoms with E-state index in [1.165, 1.54) is 12.4 Å². The summed E-state index contributed by atoms with van der Waals surface area (Å²) in [4.78, 5) is 19.7. The average Bonchev–Trinajstić information content (AvgIpc) is 2.36. The van der Waals surface area contributed by atoms with Crippen LogP contribution in [0, 0.1) is 6.92 Å². The van der Waals surface area contributed by atoms with E-state index < -0.39 is 0 Å². The molecular weight excluding hydrogens is 296 g/mol. The van der Waals surface area contributed by atoms with Gasteiger partial charge in [0.25, 0.3) is 5.91 Å². The first-order valence-electron chi connectivity index (χ1n) is 5.22. The van der Waals surface area contributed by atoms with Crippen molar-refractivity contribution in [3.05, 3.63) is 46.3 Å². The standard InChI is InChI=1S/C12H11BrN4O/c1-7-8(13)3-2-4-9(7)17-12(18)10-5-16-11(14)6-15-10/h2-6H,1H3,(H2,14,16)(H,17,18). The highest BCUT2D eigenvalue weighted by molar-refractivity contribution is 9.10. The summed E-state index contributed by atoms with van der Waals surface area (Å²) < 4.78 is 0.934. The van der Waals surface area contributed by atoms with Crippen LogP contribution in [0.3, 0.4) is 0 Å². The molecule has 0 radical (unpaired) electrons. The number of rotatable bonds is 2. The van der Waals surface area contributed by atoms with Crippen molar-refractivity contribution in [1.82, 2.24) is 9.97 Å². The van der Waals surface area contributed by atoms with Crippen LogP contribution in [0.5, 0.6) is 0 Å². The number of aromatic nitrogens is 2. The van der Waals surface area contributed by atoms with E-state index in [-0.39, 0.29) is 17.4 Å². The quantitative estimate of drug-likeness (QED) is 0.892. The Morgan fingerprint density at radius 2 is 2.11 bits per heavy atom. The van der Waals surface area contributed by atoms with Gasteiger partial charge in [-0.25, -0.2) is 9.97 Å². The summed E-state index contributed by atoms with van der Waals surface area (Å²) in [6.45, 7) is 1.91. The molecule has 0 fully saturated rings. The van der Waals surface area contributed by atoms with Gasteiger partial charge in [-0.2, -0.15) is 0 Å². The molecule has 2 aromatic rings. The van der Waals surface area contributed by atoms with Crippen molar-refractivity contribution < 1.29 is 4.79 Å². The highest BCUT2D eigenvalue weighted by Crippen LogP contribution is 2.23. The number of anilines is 2. The minimum atomic E-state index is -0.316. The number of carbonyl (C=O) groups excluding carboxylic acids is 1. The zero-order valence-corrected chi connectivity index (χ0v) is 11.2. The summed E-state index contributed by atoms with van der Waals surface area (Å²) in [7, 11) is 0. The van der Waals surface area contributed by atoms with Gasteiger partial charge in [0.1, 0.15) is 11.5 Å². The largest absolute Gasteiger partial charge is 0.382 e. The fraction of sp³-hybridized carbons (Fsp3) is 0.0833. The summed E-state index contributed by atoms with van der Waals surface area (Å²) >= 11 is 3.41. The number of nitrogens with zero attached hydrogens (tertiary/aromatic N) is 2. The maximum absolute atomic E-state index is 11.9. The highest BCUT2D eigenvalue weighted by atomic mass is 79.9. The van der Waals surface area contributed by atoms with Gasteiger partial charge >= 0.3 is 0 Å². The Hall–Kier alpha value is -1.95. The number of nitrogen functional groups attached to an aromatic ring is 1. The first-order chi connectivity index (χ1) is 8.58. The second-order valence-corrected chi connectivity index (χ2v) is 4.55. The second kappa shape index (κ2) is 5.14. The summed E-state index contributed by atoms with van der Waals surface area (Å²) in [5.74, 6) is -0.0334. The fourth-order valence-corrected chi connectivity index (χ4v) is 1.75. The molecular formula is C12H11BrN4O. The molecule has 1 heterocycles. The van der Waals surface area contributed by atoms with Crippen molar-refractivity contribution in [2.24, 2.45) is 0 Å². The van der Waals surface area contributed by atoms with Crippen LogP contribution in [0.25, 0.3) is 0 Å². The van der Waals surface area contributed by atoms with Gasteiger partial charge in [0.2, 0.25) is 0 Å². The minimum absolute atomic E-state index is 0.226. The van der Waals surface area contributed by atoms with Gasteiger partial charge in [0, 0.05) is 10.2 Å². The van der Waals surface area contributed by atoms with Crippen LogP contribution < -0.4 is 11.1 Å². The molecule has 0 atom stereocenters. The smallest absolute Gasteiger partial charge is 0.275 e. The van der Waals surface area contributed by atoms with E-state index in [1.807, 2.05) is 25.1 Å². The maximum Gasteiger partial charge on any atom is 0.275 e. The van der Waals surface area contributed by atoms with Crippen LogP contribution in [0.15, 0.2) is 35.1 Å². The molecule has 0 aliphatic carbocycles. The summed E-state index contributed by atoms with van der Waals surface area (Å²) in [5, 5.41) is 2.77. The summed E-state index contributed by atoms with van der Waals surface area (Å²) in [6.07, 6.45) is 2.70. The van der Waals surface area contributed by atoms with Gasteiger partial charge in [-0.05, 0) is 24.6 Å². The lowest BCUT2D eigenvalue weighted by Gasteiger charge is -2.08. The fourth-order valence-electron chi connectivity index (χ4n) is 1.38. The van der Waals surface area contributed by atoms with E-state index in [9.17, 15) is 4.79 Å². The third-order valence-corrected chi connectivity index (χ3v) is 3.28. The SMILES string of the molecule is Cc1c(Br)cccc1NC(=O)c1cnc(N)cn1.